The Kier molecular flexibility index (Phi) is 5.76. The number of hydrogen-bond donors (Lipinski definition) is 0. The number of esters is 1. The fourth-order valence-electron chi connectivity index (χ4n) is 2.02. The van der Waals surface area contributed by atoms with E-state index in [1.807, 2.05) is 0 Å². The van der Waals surface area contributed by atoms with Crippen LogP contribution in [0.1, 0.15) is 15.9 Å². The van der Waals surface area contributed by atoms with Gasteiger partial charge in [0.2, 0.25) is 0 Å². The lowest BCUT2D eigenvalue weighted by atomic mass is 10.1. The zero-order chi connectivity index (χ0) is 18.2. The maximum absolute atomic E-state index is 12.2. The second kappa shape index (κ2) is 8.19. The van der Waals surface area contributed by atoms with E-state index < -0.39 is 5.97 Å². The summed E-state index contributed by atoms with van der Waals surface area (Å²) in [5, 5.41) is 17.5. The minimum absolute atomic E-state index is 0.00456. The number of nitrogens with zero attached hydrogens (tertiary/aromatic N) is 2. The molecule has 0 amide bonds. The smallest absolute Gasteiger partial charge is 0.343 e. The third-order valence-electron chi connectivity index (χ3n) is 3.26. The molecule has 0 aromatic heterocycles. The number of methoxy groups -OCH3 is 2. The SMILES string of the molecule is COc1ccc(C(=O)Oc2ccc(C=C(C#N)C#N)cc2)cc1OC. The molecule has 6 heteroatoms. The second-order valence-electron chi connectivity index (χ2n) is 4.81. The molecule has 25 heavy (non-hydrogen) atoms. The molecule has 6 nitrogen and oxygen atoms in total. The Balaban J connectivity index is 2.15. The molecule has 0 bridgehead atoms. The fourth-order valence-corrected chi connectivity index (χ4v) is 2.02. The van der Waals surface area contributed by atoms with Gasteiger partial charge in [-0.1, -0.05) is 12.1 Å². The number of nitriles is 2. The fraction of sp³-hybridized carbons (Fsp3) is 0.105. The number of hydrogen-bond acceptors (Lipinski definition) is 6. The highest BCUT2D eigenvalue weighted by atomic mass is 16.5. The molecular formula is C19H14N2O4. The normalized spacial score (nSPS) is 9.28. The van der Waals surface area contributed by atoms with Crippen molar-refractivity contribution in [2.24, 2.45) is 0 Å². The minimum Gasteiger partial charge on any atom is -0.493 e. The Labute approximate surface area is 145 Å². The van der Waals surface area contributed by atoms with Crippen LogP contribution in [0.5, 0.6) is 17.2 Å². The van der Waals surface area contributed by atoms with Crippen molar-refractivity contribution in [3.8, 4) is 29.4 Å². The molecule has 0 aliphatic heterocycles. The summed E-state index contributed by atoms with van der Waals surface area (Å²) >= 11 is 0. The number of carbonyl (C=O) groups is 1. The van der Waals surface area contributed by atoms with Crippen molar-refractivity contribution in [3.05, 3.63) is 59.2 Å². The topological polar surface area (TPSA) is 92.3 Å². The molecule has 0 saturated heterocycles. The van der Waals surface area contributed by atoms with Crippen molar-refractivity contribution in [2.45, 2.75) is 0 Å². The number of ether oxygens (including phenoxy) is 3. The Hall–Kier alpha value is -3.77. The average molecular weight is 334 g/mol. The highest BCUT2D eigenvalue weighted by Gasteiger charge is 2.12. The molecule has 0 atom stereocenters. The van der Waals surface area contributed by atoms with E-state index in [0.717, 1.165) is 0 Å². The Bertz CT molecular complexity index is 871. The van der Waals surface area contributed by atoms with Gasteiger partial charge in [-0.25, -0.2) is 4.79 Å². The van der Waals surface area contributed by atoms with E-state index in [9.17, 15) is 4.79 Å². The Morgan fingerprint density at radius 1 is 0.960 bits per heavy atom. The molecule has 2 aromatic carbocycles. The van der Waals surface area contributed by atoms with Gasteiger partial charge in [-0.2, -0.15) is 10.5 Å². The largest absolute Gasteiger partial charge is 0.493 e. The molecule has 0 radical (unpaired) electrons. The van der Waals surface area contributed by atoms with E-state index in [2.05, 4.69) is 0 Å². The monoisotopic (exact) mass is 334 g/mol. The summed E-state index contributed by atoms with van der Waals surface area (Å²) in [7, 11) is 2.99. The Morgan fingerprint density at radius 2 is 1.60 bits per heavy atom. The van der Waals surface area contributed by atoms with E-state index in [1.165, 1.54) is 26.4 Å². The minimum atomic E-state index is -0.543. The van der Waals surface area contributed by atoms with Crippen LogP contribution in [-0.4, -0.2) is 20.2 Å². The molecule has 0 N–H and O–H groups in total. The summed E-state index contributed by atoms with van der Waals surface area (Å²) in [6, 6.07) is 14.7. The lowest BCUT2D eigenvalue weighted by Crippen LogP contribution is -2.08. The summed E-state index contributed by atoms with van der Waals surface area (Å²) < 4.78 is 15.6. The Morgan fingerprint density at radius 3 is 2.16 bits per heavy atom. The molecule has 0 fully saturated rings. The first-order valence-electron chi connectivity index (χ1n) is 7.17. The van der Waals surface area contributed by atoms with Crippen molar-refractivity contribution < 1.29 is 19.0 Å². The van der Waals surface area contributed by atoms with Crippen LogP contribution in [-0.2, 0) is 0 Å². The first kappa shape index (κ1) is 17.6. The van der Waals surface area contributed by atoms with Crippen LogP contribution in [0.25, 0.3) is 6.08 Å². The van der Waals surface area contributed by atoms with Crippen LogP contribution in [0, 0.1) is 22.7 Å². The average Bonchev–Trinajstić information content (AvgIpc) is 2.66. The maximum Gasteiger partial charge on any atom is 0.343 e. The molecule has 124 valence electrons. The third-order valence-corrected chi connectivity index (χ3v) is 3.26. The quantitative estimate of drug-likeness (QED) is 0.473. The van der Waals surface area contributed by atoms with Crippen molar-refractivity contribution in [1.29, 1.82) is 10.5 Å². The number of benzene rings is 2. The molecule has 0 aliphatic carbocycles. The lowest BCUT2D eigenvalue weighted by Gasteiger charge is -2.09. The van der Waals surface area contributed by atoms with Gasteiger partial charge >= 0.3 is 5.97 Å². The van der Waals surface area contributed by atoms with E-state index >= 15 is 0 Å². The molecule has 2 aromatic rings. The first-order chi connectivity index (χ1) is 12.1. The van der Waals surface area contributed by atoms with Crippen LogP contribution < -0.4 is 14.2 Å². The van der Waals surface area contributed by atoms with Crippen molar-refractivity contribution in [1.82, 2.24) is 0 Å². The highest BCUT2D eigenvalue weighted by molar-refractivity contribution is 5.91. The summed E-state index contributed by atoms with van der Waals surface area (Å²) in [5.74, 6) is 0.741. The molecular weight excluding hydrogens is 320 g/mol. The van der Waals surface area contributed by atoms with Gasteiger partial charge in [-0.15, -0.1) is 0 Å². The van der Waals surface area contributed by atoms with Gasteiger partial charge in [-0.05, 0) is 42.0 Å². The summed E-state index contributed by atoms with van der Waals surface area (Å²) in [6.45, 7) is 0. The van der Waals surface area contributed by atoms with Gasteiger partial charge in [-0.3, -0.25) is 0 Å². The predicted octanol–water partition coefficient (Wildman–Crippen LogP) is 3.35. The number of allylic oxidation sites excluding steroid dienone is 1. The summed E-state index contributed by atoms with van der Waals surface area (Å²) in [5.41, 5.74) is 0.969. The van der Waals surface area contributed by atoms with E-state index in [-0.39, 0.29) is 5.57 Å². The van der Waals surface area contributed by atoms with Gasteiger partial charge in [0.15, 0.2) is 11.5 Å². The molecule has 0 heterocycles. The second-order valence-corrected chi connectivity index (χ2v) is 4.81. The lowest BCUT2D eigenvalue weighted by molar-refractivity contribution is 0.0734. The van der Waals surface area contributed by atoms with Crippen LogP contribution in [0.2, 0.25) is 0 Å². The van der Waals surface area contributed by atoms with Gasteiger partial charge in [0.25, 0.3) is 0 Å². The molecule has 2 rings (SSSR count). The van der Waals surface area contributed by atoms with Crippen molar-refractivity contribution in [3.63, 3.8) is 0 Å². The first-order valence-corrected chi connectivity index (χ1v) is 7.17. The summed E-state index contributed by atoms with van der Waals surface area (Å²) in [6.07, 6.45) is 1.44. The van der Waals surface area contributed by atoms with Crippen LogP contribution in [0.4, 0.5) is 0 Å². The van der Waals surface area contributed by atoms with Crippen LogP contribution >= 0.6 is 0 Å². The predicted molar refractivity (Wildman–Crippen MR) is 90.1 cm³/mol. The number of carbonyl (C=O) groups excluding carboxylic acids is 1. The molecule has 0 saturated carbocycles. The third kappa shape index (κ3) is 4.37. The van der Waals surface area contributed by atoms with E-state index in [1.54, 1.807) is 48.5 Å². The van der Waals surface area contributed by atoms with Crippen LogP contribution in [0.3, 0.4) is 0 Å². The van der Waals surface area contributed by atoms with Gasteiger partial charge in [0.05, 0.1) is 19.8 Å². The molecule has 0 unspecified atom stereocenters. The van der Waals surface area contributed by atoms with Crippen molar-refractivity contribution in [2.75, 3.05) is 14.2 Å². The van der Waals surface area contributed by atoms with Crippen LogP contribution in [0.15, 0.2) is 48.0 Å². The maximum atomic E-state index is 12.2. The van der Waals surface area contributed by atoms with E-state index in [0.29, 0.717) is 28.4 Å². The number of rotatable bonds is 5. The zero-order valence-corrected chi connectivity index (χ0v) is 13.6. The van der Waals surface area contributed by atoms with Gasteiger partial charge in [0, 0.05) is 0 Å². The zero-order valence-electron chi connectivity index (χ0n) is 13.6. The molecule has 0 aliphatic rings. The van der Waals surface area contributed by atoms with E-state index in [4.69, 9.17) is 24.7 Å². The van der Waals surface area contributed by atoms with Gasteiger partial charge in [0.1, 0.15) is 23.5 Å². The standard InChI is InChI=1S/C19H14N2O4/c1-23-17-8-5-15(10-18(17)24-2)19(22)25-16-6-3-13(4-7-16)9-14(11-20)12-21/h3-10H,1-2H3. The van der Waals surface area contributed by atoms with Gasteiger partial charge < -0.3 is 14.2 Å². The summed E-state index contributed by atoms with van der Waals surface area (Å²) in [4.78, 5) is 12.2. The highest BCUT2D eigenvalue weighted by Crippen LogP contribution is 2.28. The van der Waals surface area contributed by atoms with Crippen molar-refractivity contribution >= 4 is 12.0 Å². The molecule has 0 spiro atoms.